The Hall–Kier alpha value is -1.13. The smallest absolute Gasteiger partial charge is 0.281 e. The van der Waals surface area contributed by atoms with Gasteiger partial charge in [-0.3, -0.25) is 4.72 Å². The third-order valence-corrected chi connectivity index (χ3v) is 5.08. The summed E-state index contributed by atoms with van der Waals surface area (Å²) in [7, 11) is -0.813. The highest BCUT2D eigenvalue weighted by atomic mass is 79.9. The molecular weight excluding hydrogens is 416 g/mol. The maximum atomic E-state index is 12.3. The van der Waals surface area contributed by atoms with E-state index in [1.165, 1.54) is 18.8 Å². The van der Waals surface area contributed by atoms with Crippen molar-refractivity contribution in [1.29, 1.82) is 0 Å². The fourth-order valence-corrected chi connectivity index (χ4v) is 4.16. The summed E-state index contributed by atoms with van der Waals surface area (Å²) < 4.78 is 34.2. The number of aryl methyl sites for hydroxylation is 1. The molecule has 0 radical (unpaired) electrons. The summed E-state index contributed by atoms with van der Waals surface area (Å²) in [5, 5.41) is 7.24. The van der Waals surface area contributed by atoms with E-state index in [2.05, 4.69) is 46.9 Å². The summed E-state index contributed by atoms with van der Waals surface area (Å²) in [6.07, 6.45) is 0. The molecule has 0 fully saturated rings. The van der Waals surface area contributed by atoms with E-state index < -0.39 is 10.0 Å². The molecule has 1 aromatic carbocycles. The molecule has 0 aliphatic heterocycles. The molecule has 1 heterocycles. The zero-order chi connectivity index (χ0) is 14.9. The van der Waals surface area contributed by atoms with Crippen LogP contribution in [-0.2, 0) is 17.1 Å². The fourth-order valence-electron chi connectivity index (χ4n) is 1.55. The number of benzene rings is 1. The Morgan fingerprint density at radius 1 is 1.30 bits per heavy atom. The first-order valence-corrected chi connectivity index (χ1v) is 8.33. The van der Waals surface area contributed by atoms with E-state index >= 15 is 0 Å². The van der Waals surface area contributed by atoms with Crippen molar-refractivity contribution < 1.29 is 13.2 Å². The van der Waals surface area contributed by atoms with Gasteiger partial charge < -0.3 is 4.74 Å². The monoisotopic (exact) mass is 424 g/mol. The van der Waals surface area contributed by atoms with Gasteiger partial charge in [0.05, 0.1) is 12.8 Å². The third-order valence-electron chi connectivity index (χ3n) is 2.35. The minimum atomic E-state index is -3.81. The molecule has 0 aliphatic carbocycles. The summed E-state index contributed by atoms with van der Waals surface area (Å²) in [5.74, 6) is 0.527. The van der Waals surface area contributed by atoms with Gasteiger partial charge in [0, 0.05) is 17.6 Å². The molecule has 0 spiro atoms. The minimum Gasteiger partial charge on any atom is -0.497 e. The lowest BCUT2D eigenvalue weighted by molar-refractivity contribution is 0.415. The lowest BCUT2D eigenvalue weighted by Crippen LogP contribution is -2.17. The SMILES string of the molecule is COc1cc(Br)cc(NS(=O)(=O)c2c(Br)nnn2C)c1. The van der Waals surface area contributed by atoms with Crippen molar-refractivity contribution in [1.82, 2.24) is 15.0 Å². The summed E-state index contributed by atoms with van der Waals surface area (Å²) in [6, 6.07) is 4.91. The number of halogens is 2. The molecule has 0 atom stereocenters. The predicted octanol–water partition coefficient (Wildman–Crippen LogP) is 2.15. The molecule has 7 nitrogen and oxygen atoms in total. The second-order valence-electron chi connectivity index (χ2n) is 3.79. The second-order valence-corrected chi connectivity index (χ2v) is 7.06. The molecule has 0 amide bonds. The van der Waals surface area contributed by atoms with Gasteiger partial charge in [0.15, 0.2) is 4.60 Å². The fraction of sp³-hybridized carbons (Fsp3) is 0.200. The topological polar surface area (TPSA) is 86.1 Å². The van der Waals surface area contributed by atoms with Crippen LogP contribution in [-0.4, -0.2) is 30.5 Å². The van der Waals surface area contributed by atoms with Gasteiger partial charge in [-0.1, -0.05) is 21.1 Å². The summed E-state index contributed by atoms with van der Waals surface area (Å²) in [4.78, 5) is 0. The summed E-state index contributed by atoms with van der Waals surface area (Å²) in [6.45, 7) is 0. The molecule has 1 aromatic heterocycles. The number of methoxy groups -OCH3 is 1. The molecular formula is C10H10Br2N4O3S. The maximum absolute atomic E-state index is 12.3. The minimum absolute atomic E-state index is 0.0588. The van der Waals surface area contributed by atoms with Crippen molar-refractivity contribution in [2.45, 2.75) is 5.03 Å². The Morgan fingerprint density at radius 2 is 2.00 bits per heavy atom. The number of nitrogens with one attached hydrogen (secondary N) is 1. The average Bonchev–Trinajstić information content (AvgIpc) is 2.68. The number of nitrogens with zero attached hydrogens (tertiary/aromatic N) is 3. The Kier molecular flexibility index (Phi) is 4.35. The van der Waals surface area contributed by atoms with Crippen LogP contribution in [0.2, 0.25) is 0 Å². The molecule has 0 saturated carbocycles. The zero-order valence-electron chi connectivity index (χ0n) is 10.5. The normalized spacial score (nSPS) is 11.4. The first-order valence-electron chi connectivity index (χ1n) is 5.26. The number of rotatable bonds is 4. The maximum Gasteiger partial charge on any atom is 0.281 e. The van der Waals surface area contributed by atoms with Crippen LogP contribution in [0.1, 0.15) is 0 Å². The van der Waals surface area contributed by atoms with Crippen molar-refractivity contribution in [3.8, 4) is 5.75 Å². The zero-order valence-corrected chi connectivity index (χ0v) is 14.5. The summed E-state index contributed by atoms with van der Waals surface area (Å²) >= 11 is 6.35. The largest absolute Gasteiger partial charge is 0.497 e. The van der Waals surface area contributed by atoms with Crippen molar-refractivity contribution in [3.63, 3.8) is 0 Å². The first-order chi connectivity index (χ1) is 9.33. The standard InChI is InChI=1S/C10H10Br2N4O3S/c1-16-10(9(12)13-15-16)20(17,18)14-7-3-6(11)4-8(5-7)19-2/h3-5,14H,1-2H3. The molecule has 0 unspecified atom stereocenters. The van der Waals surface area contributed by atoms with Gasteiger partial charge in [0.25, 0.3) is 10.0 Å². The number of ether oxygens (including phenoxy) is 1. The van der Waals surface area contributed by atoms with E-state index in [1.54, 1.807) is 18.2 Å². The molecule has 1 N–H and O–H groups in total. The van der Waals surface area contributed by atoms with Crippen LogP contribution in [0, 0.1) is 0 Å². The molecule has 2 rings (SSSR count). The molecule has 10 heteroatoms. The summed E-state index contributed by atoms with van der Waals surface area (Å²) in [5.41, 5.74) is 0.365. The van der Waals surface area contributed by atoms with Gasteiger partial charge >= 0.3 is 0 Å². The average molecular weight is 426 g/mol. The van der Waals surface area contributed by atoms with E-state index in [0.717, 1.165) is 0 Å². The van der Waals surface area contributed by atoms with Gasteiger partial charge in [-0.15, -0.1) is 5.10 Å². The molecule has 2 aromatic rings. The highest BCUT2D eigenvalue weighted by molar-refractivity contribution is 9.10. The lowest BCUT2D eigenvalue weighted by atomic mass is 10.3. The van der Waals surface area contributed by atoms with E-state index in [9.17, 15) is 8.42 Å². The van der Waals surface area contributed by atoms with Gasteiger partial charge in [-0.2, -0.15) is 8.42 Å². The second kappa shape index (κ2) is 5.70. The van der Waals surface area contributed by atoms with Gasteiger partial charge in [0.2, 0.25) is 5.03 Å². The van der Waals surface area contributed by atoms with Crippen LogP contribution in [0.3, 0.4) is 0 Å². The molecule has 108 valence electrons. The molecule has 0 saturated heterocycles. The van der Waals surface area contributed by atoms with Crippen molar-refractivity contribution >= 4 is 47.6 Å². The van der Waals surface area contributed by atoms with E-state index in [-0.39, 0.29) is 9.63 Å². The van der Waals surface area contributed by atoms with Crippen LogP contribution in [0.25, 0.3) is 0 Å². The molecule has 20 heavy (non-hydrogen) atoms. The van der Waals surface area contributed by atoms with Crippen LogP contribution in [0.15, 0.2) is 32.3 Å². The Balaban J connectivity index is 2.41. The van der Waals surface area contributed by atoms with Gasteiger partial charge in [-0.25, -0.2) is 4.68 Å². The first kappa shape index (κ1) is 15.3. The van der Waals surface area contributed by atoms with E-state index in [0.29, 0.717) is 15.9 Å². The van der Waals surface area contributed by atoms with Crippen LogP contribution in [0.5, 0.6) is 5.75 Å². The van der Waals surface area contributed by atoms with Gasteiger partial charge in [-0.05, 0) is 28.1 Å². The highest BCUT2D eigenvalue weighted by Crippen LogP contribution is 2.27. The number of hydrogen-bond donors (Lipinski definition) is 1. The Labute approximate surface area is 132 Å². The number of sulfonamides is 1. The molecule has 0 aliphatic rings. The quantitative estimate of drug-likeness (QED) is 0.810. The highest BCUT2D eigenvalue weighted by Gasteiger charge is 2.24. The lowest BCUT2D eigenvalue weighted by Gasteiger charge is -2.10. The van der Waals surface area contributed by atoms with Crippen LogP contribution >= 0.6 is 31.9 Å². The number of aromatic nitrogens is 3. The van der Waals surface area contributed by atoms with E-state index in [1.807, 2.05) is 0 Å². The Morgan fingerprint density at radius 3 is 2.55 bits per heavy atom. The number of anilines is 1. The van der Waals surface area contributed by atoms with Crippen LogP contribution in [0.4, 0.5) is 5.69 Å². The third kappa shape index (κ3) is 3.13. The number of hydrogen-bond acceptors (Lipinski definition) is 5. The van der Waals surface area contributed by atoms with Gasteiger partial charge in [0.1, 0.15) is 5.75 Å². The predicted molar refractivity (Wildman–Crippen MR) is 80.2 cm³/mol. The Bertz CT molecular complexity index is 725. The van der Waals surface area contributed by atoms with Crippen molar-refractivity contribution in [3.05, 3.63) is 27.3 Å². The van der Waals surface area contributed by atoms with Crippen LogP contribution < -0.4 is 9.46 Å². The molecule has 0 bridgehead atoms. The van der Waals surface area contributed by atoms with Crippen molar-refractivity contribution in [2.24, 2.45) is 7.05 Å². The van der Waals surface area contributed by atoms with Crippen molar-refractivity contribution in [2.75, 3.05) is 11.8 Å². The van der Waals surface area contributed by atoms with E-state index in [4.69, 9.17) is 4.74 Å².